The van der Waals surface area contributed by atoms with Crippen molar-refractivity contribution in [3.05, 3.63) is 88.7 Å². The maximum Gasteiger partial charge on any atom is 0.407 e. The molecular formula is C21H19ClN4O3. The fourth-order valence-electron chi connectivity index (χ4n) is 2.47. The number of benzene rings is 2. The highest BCUT2D eigenvalue weighted by atomic mass is 35.5. The van der Waals surface area contributed by atoms with E-state index in [-0.39, 0.29) is 19.1 Å². The summed E-state index contributed by atoms with van der Waals surface area (Å²) in [6.07, 6.45) is 2.75. The van der Waals surface area contributed by atoms with Crippen LogP contribution in [0, 0.1) is 0 Å². The van der Waals surface area contributed by atoms with Crippen LogP contribution in [0.2, 0.25) is 5.02 Å². The van der Waals surface area contributed by atoms with Gasteiger partial charge < -0.3 is 21.1 Å². The van der Waals surface area contributed by atoms with Crippen molar-refractivity contribution in [2.24, 2.45) is 0 Å². The Balaban J connectivity index is 1.49. The normalized spacial score (nSPS) is 10.2. The van der Waals surface area contributed by atoms with Crippen LogP contribution in [-0.2, 0) is 17.9 Å². The summed E-state index contributed by atoms with van der Waals surface area (Å²) in [7, 11) is 0. The molecule has 0 atom stereocenters. The van der Waals surface area contributed by atoms with E-state index in [9.17, 15) is 9.59 Å². The Bertz CT molecular complexity index is 995. The van der Waals surface area contributed by atoms with Crippen LogP contribution in [0.3, 0.4) is 0 Å². The second-order valence-corrected chi connectivity index (χ2v) is 6.61. The number of alkyl carbamates (subject to hydrolysis) is 1. The molecule has 0 saturated heterocycles. The van der Waals surface area contributed by atoms with E-state index in [1.165, 1.54) is 0 Å². The van der Waals surface area contributed by atoms with Gasteiger partial charge in [0.05, 0.1) is 11.4 Å². The highest BCUT2D eigenvalue weighted by Crippen LogP contribution is 2.23. The molecule has 148 valence electrons. The number of carbonyl (C=O) groups excluding carboxylic acids is 2. The summed E-state index contributed by atoms with van der Waals surface area (Å²) in [4.78, 5) is 28.1. The number of rotatable bonds is 6. The van der Waals surface area contributed by atoms with Gasteiger partial charge in [0.15, 0.2) is 0 Å². The van der Waals surface area contributed by atoms with Crippen molar-refractivity contribution in [1.82, 2.24) is 10.3 Å². The van der Waals surface area contributed by atoms with E-state index in [0.717, 1.165) is 11.1 Å². The van der Waals surface area contributed by atoms with Gasteiger partial charge in [0.25, 0.3) is 5.91 Å². The number of amides is 2. The second-order valence-electron chi connectivity index (χ2n) is 6.17. The first-order valence-corrected chi connectivity index (χ1v) is 9.14. The molecule has 0 spiro atoms. The highest BCUT2D eigenvalue weighted by Gasteiger charge is 2.09. The van der Waals surface area contributed by atoms with Crippen molar-refractivity contribution in [2.75, 3.05) is 11.1 Å². The first kappa shape index (κ1) is 20.2. The molecule has 3 aromatic rings. The van der Waals surface area contributed by atoms with Gasteiger partial charge in [0, 0.05) is 35.1 Å². The highest BCUT2D eigenvalue weighted by molar-refractivity contribution is 6.31. The third-order valence-electron chi connectivity index (χ3n) is 4.01. The number of nitrogens with two attached hydrogens (primary N) is 1. The Morgan fingerprint density at radius 3 is 2.55 bits per heavy atom. The van der Waals surface area contributed by atoms with Crippen molar-refractivity contribution in [1.29, 1.82) is 0 Å². The first-order valence-electron chi connectivity index (χ1n) is 8.76. The zero-order valence-corrected chi connectivity index (χ0v) is 16.1. The fraction of sp³-hybridized carbons (Fsp3) is 0.0952. The number of nitrogen functional groups attached to an aromatic ring is 1. The van der Waals surface area contributed by atoms with Crippen molar-refractivity contribution in [3.8, 4) is 0 Å². The van der Waals surface area contributed by atoms with E-state index in [1.807, 2.05) is 6.07 Å². The van der Waals surface area contributed by atoms with Crippen LogP contribution < -0.4 is 16.4 Å². The molecule has 0 aliphatic heterocycles. The molecule has 0 bridgehead atoms. The van der Waals surface area contributed by atoms with Crippen LogP contribution >= 0.6 is 11.6 Å². The van der Waals surface area contributed by atoms with Crippen LogP contribution in [0.25, 0.3) is 0 Å². The maximum absolute atomic E-state index is 12.4. The average Bonchev–Trinajstić information content (AvgIpc) is 2.74. The number of anilines is 2. The SMILES string of the molecule is Nc1cc(Cl)ccc1NC(=O)c1ccc(CNC(=O)OCc2cccnc2)cc1. The monoisotopic (exact) mass is 410 g/mol. The molecule has 0 unspecified atom stereocenters. The summed E-state index contributed by atoms with van der Waals surface area (Å²) in [6, 6.07) is 15.3. The molecule has 0 aliphatic carbocycles. The summed E-state index contributed by atoms with van der Waals surface area (Å²) in [5, 5.41) is 5.89. The van der Waals surface area contributed by atoms with Gasteiger partial charge in [-0.25, -0.2) is 4.79 Å². The number of nitrogens with zero attached hydrogens (tertiary/aromatic N) is 1. The molecule has 2 amide bonds. The Morgan fingerprint density at radius 2 is 1.86 bits per heavy atom. The standard InChI is InChI=1S/C21H19ClN4O3/c22-17-7-8-19(18(23)10-17)26-20(27)16-5-3-14(4-6-16)12-25-21(28)29-13-15-2-1-9-24-11-15/h1-11H,12-13,23H2,(H,25,28)(H,26,27). The van der Waals surface area contributed by atoms with Gasteiger partial charge in [0.2, 0.25) is 0 Å². The van der Waals surface area contributed by atoms with Gasteiger partial charge in [0.1, 0.15) is 6.61 Å². The number of pyridine rings is 1. The van der Waals surface area contributed by atoms with Gasteiger partial charge in [-0.3, -0.25) is 9.78 Å². The lowest BCUT2D eigenvalue weighted by Crippen LogP contribution is -2.23. The molecule has 8 heteroatoms. The molecule has 7 nitrogen and oxygen atoms in total. The molecule has 1 heterocycles. The van der Waals surface area contributed by atoms with Crippen molar-refractivity contribution in [3.63, 3.8) is 0 Å². The number of nitrogens with one attached hydrogen (secondary N) is 2. The number of halogens is 1. The van der Waals surface area contributed by atoms with E-state index in [1.54, 1.807) is 60.9 Å². The average molecular weight is 411 g/mol. The van der Waals surface area contributed by atoms with Crippen LogP contribution in [0.15, 0.2) is 67.0 Å². The predicted octanol–water partition coefficient (Wildman–Crippen LogP) is 4.00. The Kier molecular flexibility index (Phi) is 6.65. The van der Waals surface area contributed by atoms with E-state index in [2.05, 4.69) is 15.6 Å². The lowest BCUT2D eigenvalue weighted by molar-refractivity contribution is 0.102. The number of hydrogen-bond donors (Lipinski definition) is 3. The number of hydrogen-bond acceptors (Lipinski definition) is 5. The molecular weight excluding hydrogens is 392 g/mol. The summed E-state index contributed by atoms with van der Waals surface area (Å²) in [5.74, 6) is -0.297. The Morgan fingerprint density at radius 1 is 1.07 bits per heavy atom. The van der Waals surface area contributed by atoms with E-state index >= 15 is 0 Å². The van der Waals surface area contributed by atoms with Gasteiger partial charge in [-0.15, -0.1) is 0 Å². The van der Waals surface area contributed by atoms with Crippen LogP contribution in [0.5, 0.6) is 0 Å². The van der Waals surface area contributed by atoms with E-state index in [4.69, 9.17) is 22.1 Å². The van der Waals surface area contributed by atoms with Gasteiger partial charge in [-0.1, -0.05) is 29.8 Å². The minimum Gasteiger partial charge on any atom is -0.445 e. The lowest BCUT2D eigenvalue weighted by atomic mass is 10.1. The quantitative estimate of drug-likeness (QED) is 0.532. The largest absolute Gasteiger partial charge is 0.445 e. The molecule has 4 N–H and O–H groups in total. The van der Waals surface area contributed by atoms with Crippen molar-refractivity contribution < 1.29 is 14.3 Å². The number of ether oxygens (including phenoxy) is 1. The van der Waals surface area contributed by atoms with Crippen molar-refractivity contribution >= 4 is 35.0 Å². The molecule has 0 aliphatic rings. The number of carbonyl (C=O) groups is 2. The minimum absolute atomic E-state index is 0.145. The fourth-order valence-corrected chi connectivity index (χ4v) is 2.65. The van der Waals surface area contributed by atoms with E-state index in [0.29, 0.717) is 22.0 Å². The smallest absolute Gasteiger partial charge is 0.407 e. The number of aromatic nitrogens is 1. The van der Waals surface area contributed by atoms with Gasteiger partial charge >= 0.3 is 6.09 Å². The summed E-state index contributed by atoms with van der Waals surface area (Å²) in [5.41, 5.74) is 8.81. The summed E-state index contributed by atoms with van der Waals surface area (Å²) in [6.45, 7) is 0.421. The first-order chi connectivity index (χ1) is 14.0. The van der Waals surface area contributed by atoms with Gasteiger partial charge in [-0.2, -0.15) is 0 Å². The summed E-state index contributed by atoms with van der Waals surface area (Å²) >= 11 is 5.86. The maximum atomic E-state index is 12.4. The van der Waals surface area contributed by atoms with Crippen molar-refractivity contribution in [2.45, 2.75) is 13.2 Å². The Hall–Kier alpha value is -3.58. The molecule has 3 rings (SSSR count). The summed E-state index contributed by atoms with van der Waals surface area (Å²) < 4.78 is 5.12. The molecule has 1 aromatic heterocycles. The van der Waals surface area contributed by atoms with Crippen LogP contribution in [0.1, 0.15) is 21.5 Å². The molecule has 0 fully saturated rings. The van der Waals surface area contributed by atoms with Crippen LogP contribution in [0.4, 0.5) is 16.2 Å². The van der Waals surface area contributed by atoms with E-state index < -0.39 is 6.09 Å². The third kappa shape index (κ3) is 5.95. The van der Waals surface area contributed by atoms with Crippen LogP contribution in [-0.4, -0.2) is 17.0 Å². The molecule has 0 radical (unpaired) electrons. The second kappa shape index (κ2) is 9.57. The zero-order chi connectivity index (χ0) is 20.6. The molecule has 0 saturated carbocycles. The lowest BCUT2D eigenvalue weighted by Gasteiger charge is -2.10. The third-order valence-corrected chi connectivity index (χ3v) is 4.24. The van der Waals surface area contributed by atoms with Gasteiger partial charge in [-0.05, 0) is 42.0 Å². The minimum atomic E-state index is -0.533. The zero-order valence-electron chi connectivity index (χ0n) is 15.4. The molecule has 29 heavy (non-hydrogen) atoms. The molecule has 2 aromatic carbocycles. The Labute approximate surface area is 172 Å². The predicted molar refractivity (Wildman–Crippen MR) is 112 cm³/mol. The topological polar surface area (TPSA) is 106 Å².